The van der Waals surface area contributed by atoms with Crippen LogP contribution in [0.1, 0.15) is 0 Å². The fourth-order valence-corrected chi connectivity index (χ4v) is 6.33. The molecule has 0 fully saturated rings. The second kappa shape index (κ2) is 12.1. The van der Waals surface area contributed by atoms with E-state index in [4.69, 9.17) is 0 Å². The van der Waals surface area contributed by atoms with Gasteiger partial charge >= 0.3 is 0 Å². The molecule has 218 valence electrons. The van der Waals surface area contributed by atoms with Crippen molar-refractivity contribution in [3.63, 3.8) is 0 Å². The van der Waals surface area contributed by atoms with Crippen molar-refractivity contribution >= 4 is 44.3 Å². The van der Waals surface area contributed by atoms with E-state index < -0.39 is 0 Å². The molecule has 0 aromatic heterocycles. The zero-order valence-corrected chi connectivity index (χ0v) is 25.3. The molecule has 0 atom stereocenters. The van der Waals surface area contributed by atoms with E-state index in [2.05, 4.69) is 174 Å². The Hall–Kier alpha value is -6.12. The Labute approximate surface area is 269 Å². The SMILES string of the molecule is c1ccc(Nc2ccc(-c3ccc(Nc4ccccc4)c(-c4ccc5ccccc5c4)c3-c3ccc4ccccc4c3)cc2)cc1. The predicted octanol–water partition coefficient (Wildman–Crippen LogP) is 12.5. The summed E-state index contributed by atoms with van der Waals surface area (Å²) >= 11 is 0. The highest BCUT2D eigenvalue weighted by Gasteiger charge is 2.19. The Morgan fingerprint density at radius 1 is 0.283 bits per heavy atom. The lowest BCUT2D eigenvalue weighted by molar-refractivity contribution is 1.51. The quantitative estimate of drug-likeness (QED) is 0.193. The first kappa shape index (κ1) is 27.4. The maximum Gasteiger partial charge on any atom is 0.0470 e. The Balaban J connectivity index is 1.36. The molecule has 0 saturated carbocycles. The van der Waals surface area contributed by atoms with E-state index in [9.17, 15) is 0 Å². The van der Waals surface area contributed by atoms with Crippen molar-refractivity contribution in [3.8, 4) is 33.4 Å². The van der Waals surface area contributed by atoms with Crippen LogP contribution in [0.5, 0.6) is 0 Å². The average molecular weight is 589 g/mol. The van der Waals surface area contributed by atoms with E-state index in [1.165, 1.54) is 49.4 Å². The Kier molecular flexibility index (Phi) is 7.22. The van der Waals surface area contributed by atoms with Crippen LogP contribution in [0, 0.1) is 0 Å². The van der Waals surface area contributed by atoms with Gasteiger partial charge in [-0.2, -0.15) is 0 Å². The lowest BCUT2D eigenvalue weighted by Gasteiger charge is -2.22. The molecule has 0 aliphatic rings. The van der Waals surface area contributed by atoms with Gasteiger partial charge in [0.2, 0.25) is 0 Å². The number of benzene rings is 8. The Morgan fingerprint density at radius 3 is 1.33 bits per heavy atom. The van der Waals surface area contributed by atoms with Crippen LogP contribution in [0.25, 0.3) is 54.9 Å². The molecule has 0 amide bonds. The fourth-order valence-electron chi connectivity index (χ4n) is 6.33. The number of para-hydroxylation sites is 2. The molecule has 0 aliphatic heterocycles. The molecule has 0 spiro atoms. The molecule has 0 aliphatic carbocycles. The minimum atomic E-state index is 1.05. The largest absolute Gasteiger partial charge is 0.356 e. The smallest absolute Gasteiger partial charge is 0.0470 e. The summed E-state index contributed by atoms with van der Waals surface area (Å²) in [6.45, 7) is 0. The van der Waals surface area contributed by atoms with Crippen molar-refractivity contribution in [1.29, 1.82) is 0 Å². The van der Waals surface area contributed by atoms with Crippen LogP contribution in [-0.4, -0.2) is 0 Å². The highest BCUT2D eigenvalue weighted by molar-refractivity contribution is 6.04. The third kappa shape index (κ3) is 5.49. The third-order valence-corrected chi connectivity index (χ3v) is 8.59. The van der Waals surface area contributed by atoms with E-state index >= 15 is 0 Å². The van der Waals surface area contributed by atoms with Crippen LogP contribution in [0.2, 0.25) is 0 Å². The molecule has 8 rings (SSSR count). The molecule has 8 aromatic rings. The summed E-state index contributed by atoms with van der Waals surface area (Å²) in [6.07, 6.45) is 0. The summed E-state index contributed by atoms with van der Waals surface area (Å²) in [5.41, 5.74) is 11.3. The monoisotopic (exact) mass is 588 g/mol. The summed E-state index contributed by atoms with van der Waals surface area (Å²) in [4.78, 5) is 0. The zero-order valence-electron chi connectivity index (χ0n) is 25.3. The van der Waals surface area contributed by atoms with E-state index in [-0.39, 0.29) is 0 Å². The first-order valence-corrected chi connectivity index (χ1v) is 15.7. The number of nitrogens with one attached hydrogen (secondary N) is 2. The molecule has 0 unspecified atom stereocenters. The van der Waals surface area contributed by atoms with E-state index in [1.54, 1.807) is 0 Å². The third-order valence-electron chi connectivity index (χ3n) is 8.59. The molecule has 8 aromatic carbocycles. The highest BCUT2D eigenvalue weighted by atomic mass is 14.9. The summed E-state index contributed by atoms with van der Waals surface area (Å²) in [5.74, 6) is 0. The molecule has 0 saturated heterocycles. The van der Waals surface area contributed by atoms with Crippen LogP contribution >= 0.6 is 0 Å². The van der Waals surface area contributed by atoms with Crippen LogP contribution in [0.4, 0.5) is 22.7 Å². The molecule has 0 bridgehead atoms. The van der Waals surface area contributed by atoms with Crippen molar-refractivity contribution in [2.75, 3.05) is 10.6 Å². The Morgan fingerprint density at radius 2 is 0.739 bits per heavy atom. The van der Waals surface area contributed by atoms with Crippen LogP contribution in [0.3, 0.4) is 0 Å². The average Bonchev–Trinajstić information content (AvgIpc) is 3.12. The van der Waals surface area contributed by atoms with Gasteiger partial charge < -0.3 is 10.6 Å². The molecular formula is C44H32N2. The molecule has 0 radical (unpaired) electrons. The van der Waals surface area contributed by atoms with Gasteiger partial charge in [0.05, 0.1) is 0 Å². The van der Waals surface area contributed by atoms with E-state index in [0.717, 1.165) is 28.3 Å². The summed E-state index contributed by atoms with van der Waals surface area (Å²) < 4.78 is 0. The standard InChI is InChI=1S/C44H32N2/c1-3-15-38(16-4-1)45-40-25-23-33(24-26-40)41-27-28-42(46-39-17-5-2-6-18-39)44(37-22-20-32-12-8-10-14-35(32)30-37)43(41)36-21-19-31-11-7-9-13-34(31)29-36/h1-30,45-46H. The second-order valence-corrected chi connectivity index (χ2v) is 11.6. The lowest BCUT2D eigenvalue weighted by Crippen LogP contribution is -1.98. The number of hydrogen-bond donors (Lipinski definition) is 2. The van der Waals surface area contributed by atoms with Crippen molar-refractivity contribution in [3.05, 3.63) is 182 Å². The lowest BCUT2D eigenvalue weighted by atomic mass is 9.85. The summed E-state index contributed by atoms with van der Waals surface area (Å²) in [5, 5.41) is 12.2. The van der Waals surface area contributed by atoms with Gasteiger partial charge in [-0.1, -0.05) is 127 Å². The van der Waals surface area contributed by atoms with Gasteiger partial charge in [-0.15, -0.1) is 0 Å². The summed E-state index contributed by atoms with van der Waals surface area (Å²) in [7, 11) is 0. The van der Waals surface area contributed by atoms with Gasteiger partial charge in [-0.3, -0.25) is 0 Å². The highest BCUT2D eigenvalue weighted by Crippen LogP contribution is 2.46. The minimum Gasteiger partial charge on any atom is -0.356 e. The number of anilines is 4. The number of fused-ring (bicyclic) bond motifs is 2. The predicted molar refractivity (Wildman–Crippen MR) is 197 cm³/mol. The van der Waals surface area contributed by atoms with Gasteiger partial charge in [0.15, 0.2) is 0 Å². The van der Waals surface area contributed by atoms with Crippen LogP contribution in [-0.2, 0) is 0 Å². The molecule has 46 heavy (non-hydrogen) atoms. The number of rotatable bonds is 7. The first-order valence-electron chi connectivity index (χ1n) is 15.7. The summed E-state index contributed by atoms with van der Waals surface area (Å²) in [6, 6.07) is 64.8. The zero-order chi connectivity index (χ0) is 30.7. The normalized spacial score (nSPS) is 11.0. The second-order valence-electron chi connectivity index (χ2n) is 11.6. The minimum absolute atomic E-state index is 1.05. The topological polar surface area (TPSA) is 24.1 Å². The molecular weight excluding hydrogens is 556 g/mol. The van der Waals surface area contributed by atoms with Crippen LogP contribution in [0.15, 0.2) is 182 Å². The van der Waals surface area contributed by atoms with Gasteiger partial charge in [-0.25, -0.2) is 0 Å². The number of hydrogen-bond acceptors (Lipinski definition) is 2. The van der Waals surface area contributed by atoms with Crippen molar-refractivity contribution < 1.29 is 0 Å². The Bertz CT molecular complexity index is 2290. The van der Waals surface area contributed by atoms with Gasteiger partial charge in [0, 0.05) is 28.3 Å². The molecule has 2 N–H and O–H groups in total. The van der Waals surface area contributed by atoms with E-state index in [0.29, 0.717) is 0 Å². The van der Waals surface area contributed by atoms with Gasteiger partial charge in [0.25, 0.3) is 0 Å². The van der Waals surface area contributed by atoms with Gasteiger partial charge in [-0.05, 0) is 104 Å². The molecule has 2 heteroatoms. The van der Waals surface area contributed by atoms with Crippen LogP contribution < -0.4 is 10.6 Å². The maximum atomic E-state index is 3.77. The van der Waals surface area contributed by atoms with Crippen molar-refractivity contribution in [2.24, 2.45) is 0 Å². The maximum absolute atomic E-state index is 3.77. The first-order chi connectivity index (χ1) is 22.8. The van der Waals surface area contributed by atoms with Crippen molar-refractivity contribution in [2.45, 2.75) is 0 Å². The molecule has 0 heterocycles. The molecule has 2 nitrogen and oxygen atoms in total. The van der Waals surface area contributed by atoms with Gasteiger partial charge in [0.1, 0.15) is 0 Å². The fraction of sp³-hybridized carbons (Fsp3) is 0. The van der Waals surface area contributed by atoms with E-state index in [1.807, 2.05) is 18.2 Å². The van der Waals surface area contributed by atoms with Crippen molar-refractivity contribution in [1.82, 2.24) is 0 Å².